The molecule has 250 valence electrons. The van der Waals surface area contributed by atoms with Crippen LogP contribution in [-0.2, 0) is 5.41 Å². The van der Waals surface area contributed by atoms with Crippen LogP contribution in [0, 0.1) is 0 Å². The first-order chi connectivity index (χ1) is 26.0. The van der Waals surface area contributed by atoms with Gasteiger partial charge in [0.25, 0.3) is 0 Å². The van der Waals surface area contributed by atoms with Crippen LogP contribution in [0.3, 0.4) is 0 Å². The van der Waals surface area contributed by atoms with Gasteiger partial charge in [-0.05, 0) is 109 Å². The first kappa shape index (κ1) is 30.0. The molecule has 9 aromatic carbocycles. The third-order valence-electron chi connectivity index (χ3n) is 11.6. The van der Waals surface area contributed by atoms with E-state index in [0.29, 0.717) is 0 Å². The Hall–Kier alpha value is -6.64. The molecule has 1 aliphatic carbocycles. The van der Waals surface area contributed by atoms with Gasteiger partial charge in [-0.3, -0.25) is 0 Å². The molecule has 0 saturated carbocycles. The summed E-state index contributed by atoms with van der Waals surface area (Å²) in [4.78, 5) is 2.44. The number of fused-ring (bicyclic) bond motifs is 11. The molecular weight excluding hydrogens is 643 g/mol. The summed E-state index contributed by atoms with van der Waals surface area (Å²) in [6.45, 7) is 4.70. The first-order valence-corrected chi connectivity index (χ1v) is 18.4. The lowest BCUT2D eigenvalue weighted by atomic mass is 9.82. The Morgan fingerprint density at radius 1 is 0.434 bits per heavy atom. The molecule has 0 spiro atoms. The Morgan fingerprint density at radius 2 is 1.09 bits per heavy atom. The predicted molar refractivity (Wildman–Crippen MR) is 224 cm³/mol. The highest BCUT2D eigenvalue weighted by atomic mass is 16.3. The van der Waals surface area contributed by atoms with Crippen molar-refractivity contribution in [3.63, 3.8) is 0 Å². The van der Waals surface area contributed by atoms with Gasteiger partial charge in [-0.25, -0.2) is 0 Å². The summed E-state index contributed by atoms with van der Waals surface area (Å²) in [6.07, 6.45) is 0. The van der Waals surface area contributed by atoms with E-state index >= 15 is 0 Å². The molecular formula is C51H35NO. The Kier molecular flexibility index (Phi) is 6.33. The highest BCUT2D eigenvalue weighted by Gasteiger charge is 2.37. The van der Waals surface area contributed by atoms with Gasteiger partial charge in [0.2, 0.25) is 0 Å². The fraction of sp³-hybridized carbons (Fsp3) is 0.0588. The lowest BCUT2D eigenvalue weighted by Crippen LogP contribution is -2.16. The summed E-state index contributed by atoms with van der Waals surface area (Å²) in [5.74, 6) is 0. The zero-order valence-electron chi connectivity index (χ0n) is 29.6. The molecule has 2 heteroatoms. The molecule has 1 aliphatic rings. The molecule has 0 unspecified atom stereocenters. The van der Waals surface area contributed by atoms with Gasteiger partial charge in [-0.2, -0.15) is 0 Å². The standard InChI is InChI=1S/C51H35NO/c1-51(2)44-18-9-7-17-41(44)50-45(51)19-11-20-46(50)52(36-28-29-48-43(31-36)39-15-8-10-21-47(39)53-48)35-26-24-33(25-27-35)42-30-34-23-22-32-12-3-4-13-37(32)49(34)40-16-6-5-14-38(40)42/h3-31H,1-2H3. The zero-order valence-corrected chi connectivity index (χ0v) is 29.6. The van der Waals surface area contributed by atoms with Gasteiger partial charge >= 0.3 is 0 Å². The molecule has 0 atom stereocenters. The summed E-state index contributed by atoms with van der Waals surface area (Å²) in [7, 11) is 0. The van der Waals surface area contributed by atoms with Crippen molar-refractivity contribution in [1.29, 1.82) is 0 Å². The van der Waals surface area contributed by atoms with E-state index in [1.54, 1.807) is 0 Å². The van der Waals surface area contributed by atoms with Crippen molar-refractivity contribution >= 4 is 71.3 Å². The van der Waals surface area contributed by atoms with E-state index in [1.807, 2.05) is 12.1 Å². The molecule has 10 aromatic rings. The molecule has 0 fully saturated rings. The van der Waals surface area contributed by atoms with Crippen molar-refractivity contribution in [2.24, 2.45) is 0 Å². The molecule has 1 heterocycles. The monoisotopic (exact) mass is 677 g/mol. The van der Waals surface area contributed by atoms with Crippen molar-refractivity contribution in [2.45, 2.75) is 19.3 Å². The van der Waals surface area contributed by atoms with Gasteiger partial charge in [-0.15, -0.1) is 0 Å². The topological polar surface area (TPSA) is 16.4 Å². The van der Waals surface area contributed by atoms with Crippen LogP contribution in [0.25, 0.3) is 76.5 Å². The van der Waals surface area contributed by atoms with Crippen LogP contribution in [0.2, 0.25) is 0 Å². The fourth-order valence-electron chi connectivity index (χ4n) is 9.11. The Bertz CT molecular complexity index is 3090. The van der Waals surface area contributed by atoms with E-state index < -0.39 is 0 Å². The average molecular weight is 678 g/mol. The number of rotatable bonds is 4. The molecule has 0 saturated heterocycles. The number of nitrogens with zero attached hydrogens (tertiary/aromatic N) is 1. The van der Waals surface area contributed by atoms with Crippen molar-refractivity contribution in [3.8, 4) is 22.3 Å². The number of hydrogen-bond acceptors (Lipinski definition) is 2. The molecule has 0 radical (unpaired) electrons. The lowest BCUT2D eigenvalue weighted by molar-refractivity contribution is 0.660. The van der Waals surface area contributed by atoms with Crippen molar-refractivity contribution < 1.29 is 4.42 Å². The average Bonchev–Trinajstić information content (AvgIpc) is 3.69. The van der Waals surface area contributed by atoms with Gasteiger partial charge in [0.1, 0.15) is 11.2 Å². The second-order valence-electron chi connectivity index (χ2n) is 14.9. The predicted octanol–water partition coefficient (Wildman–Crippen LogP) is 14.5. The SMILES string of the molecule is CC1(C)c2ccccc2-c2c(N(c3ccc(-c4cc5ccc6ccccc6c5c5ccccc45)cc3)c3ccc4oc5ccccc5c4c3)cccc21. The summed E-state index contributed by atoms with van der Waals surface area (Å²) in [6, 6.07) is 64.3. The molecule has 53 heavy (non-hydrogen) atoms. The van der Waals surface area contributed by atoms with Crippen LogP contribution in [0.1, 0.15) is 25.0 Å². The van der Waals surface area contributed by atoms with Gasteiger partial charge in [-0.1, -0.05) is 141 Å². The van der Waals surface area contributed by atoms with Gasteiger partial charge < -0.3 is 9.32 Å². The molecule has 2 nitrogen and oxygen atoms in total. The second-order valence-corrected chi connectivity index (χ2v) is 14.9. The molecule has 0 amide bonds. The third kappa shape index (κ3) is 4.39. The fourth-order valence-corrected chi connectivity index (χ4v) is 9.11. The second kappa shape index (κ2) is 11.2. The van der Waals surface area contributed by atoms with Gasteiger partial charge in [0.05, 0.1) is 5.69 Å². The molecule has 0 bridgehead atoms. The van der Waals surface area contributed by atoms with Crippen LogP contribution < -0.4 is 4.90 Å². The smallest absolute Gasteiger partial charge is 0.135 e. The maximum atomic E-state index is 6.28. The van der Waals surface area contributed by atoms with Crippen molar-refractivity contribution in [2.75, 3.05) is 4.90 Å². The van der Waals surface area contributed by atoms with E-state index in [-0.39, 0.29) is 5.41 Å². The van der Waals surface area contributed by atoms with Crippen molar-refractivity contribution in [1.82, 2.24) is 0 Å². The van der Waals surface area contributed by atoms with E-state index in [9.17, 15) is 0 Å². The van der Waals surface area contributed by atoms with E-state index in [0.717, 1.165) is 33.3 Å². The number of furan rings is 1. The summed E-state index contributed by atoms with van der Waals surface area (Å²) in [5, 5.41) is 9.91. The minimum absolute atomic E-state index is 0.107. The maximum absolute atomic E-state index is 6.28. The van der Waals surface area contributed by atoms with Crippen LogP contribution in [0.4, 0.5) is 17.1 Å². The zero-order chi connectivity index (χ0) is 35.3. The molecule has 0 aliphatic heterocycles. The summed E-state index contributed by atoms with van der Waals surface area (Å²) in [5.41, 5.74) is 12.8. The minimum atomic E-state index is -0.107. The van der Waals surface area contributed by atoms with Gasteiger partial charge in [0, 0.05) is 33.1 Å². The summed E-state index contributed by atoms with van der Waals surface area (Å²) >= 11 is 0. The molecule has 1 aromatic heterocycles. The van der Waals surface area contributed by atoms with Crippen molar-refractivity contribution in [3.05, 3.63) is 187 Å². The number of para-hydroxylation sites is 1. The molecule has 0 N–H and O–H groups in total. The normalized spacial score (nSPS) is 13.2. The van der Waals surface area contributed by atoms with Gasteiger partial charge in [0.15, 0.2) is 0 Å². The number of anilines is 3. The minimum Gasteiger partial charge on any atom is -0.456 e. The number of benzene rings is 9. The quantitative estimate of drug-likeness (QED) is 0.172. The molecule has 11 rings (SSSR count). The first-order valence-electron chi connectivity index (χ1n) is 18.4. The van der Waals surface area contributed by atoms with E-state index in [1.165, 1.54) is 71.4 Å². The highest BCUT2D eigenvalue weighted by molar-refractivity contribution is 6.23. The van der Waals surface area contributed by atoms with E-state index in [4.69, 9.17) is 4.42 Å². The summed E-state index contributed by atoms with van der Waals surface area (Å²) < 4.78 is 6.28. The lowest BCUT2D eigenvalue weighted by Gasteiger charge is -2.29. The maximum Gasteiger partial charge on any atom is 0.135 e. The Balaban J connectivity index is 1.12. The Labute approximate surface area is 308 Å². The van der Waals surface area contributed by atoms with Crippen LogP contribution in [0.5, 0.6) is 0 Å². The largest absolute Gasteiger partial charge is 0.456 e. The Morgan fingerprint density at radius 3 is 1.96 bits per heavy atom. The number of hydrogen-bond donors (Lipinski definition) is 0. The highest BCUT2D eigenvalue weighted by Crippen LogP contribution is 2.54. The third-order valence-corrected chi connectivity index (χ3v) is 11.6. The van der Waals surface area contributed by atoms with Crippen LogP contribution >= 0.6 is 0 Å². The van der Waals surface area contributed by atoms with Crippen LogP contribution in [0.15, 0.2) is 180 Å². The van der Waals surface area contributed by atoms with E-state index in [2.05, 4.69) is 183 Å². The van der Waals surface area contributed by atoms with Crippen LogP contribution in [-0.4, -0.2) is 0 Å².